The van der Waals surface area contributed by atoms with Crippen molar-refractivity contribution in [2.75, 3.05) is 26.7 Å². The molecule has 0 amide bonds. The molecule has 0 aromatic carbocycles. The normalized spacial score (nSPS) is 26.1. The van der Waals surface area contributed by atoms with E-state index in [2.05, 4.69) is 31.0 Å². The van der Waals surface area contributed by atoms with E-state index < -0.39 is 0 Å². The number of rotatable bonds is 7. The van der Waals surface area contributed by atoms with Crippen molar-refractivity contribution in [3.8, 4) is 0 Å². The fraction of sp³-hybridized carbons (Fsp3) is 0.933. The van der Waals surface area contributed by atoms with Crippen molar-refractivity contribution in [1.82, 2.24) is 10.2 Å². The van der Waals surface area contributed by atoms with Crippen LogP contribution in [0.3, 0.4) is 0 Å². The minimum Gasteiger partial charge on any atom is -0.468 e. The number of likely N-dealkylation sites (tertiary alicyclic amines) is 1. The van der Waals surface area contributed by atoms with Crippen LogP contribution in [-0.4, -0.2) is 49.7 Å². The molecule has 1 N–H and O–H groups in total. The molecule has 4 nitrogen and oxygen atoms in total. The average molecular weight is 270 g/mol. The second-order valence-corrected chi connectivity index (χ2v) is 5.71. The lowest BCUT2D eigenvalue weighted by Gasteiger charge is -2.38. The number of nitrogens with zero attached hydrogens (tertiary/aromatic N) is 1. The lowest BCUT2D eigenvalue weighted by atomic mass is 9.92. The molecule has 0 aliphatic carbocycles. The maximum absolute atomic E-state index is 11.7. The zero-order chi connectivity index (χ0) is 14.3. The molecule has 1 fully saturated rings. The van der Waals surface area contributed by atoms with Crippen molar-refractivity contribution >= 4 is 5.97 Å². The Morgan fingerprint density at radius 1 is 1.47 bits per heavy atom. The minimum atomic E-state index is -0.158. The molecule has 112 valence electrons. The maximum atomic E-state index is 11.7. The summed E-state index contributed by atoms with van der Waals surface area (Å²) in [6, 6.07) is 0.465. The Kier molecular flexibility index (Phi) is 7.39. The molecular weight excluding hydrogens is 240 g/mol. The third kappa shape index (κ3) is 5.11. The summed E-state index contributed by atoms with van der Waals surface area (Å²) in [6.45, 7) is 9.73. The third-order valence-corrected chi connectivity index (χ3v) is 4.34. The van der Waals surface area contributed by atoms with Crippen molar-refractivity contribution < 1.29 is 9.53 Å². The van der Waals surface area contributed by atoms with Gasteiger partial charge in [0.2, 0.25) is 0 Å². The van der Waals surface area contributed by atoms with E-state index in [0.717, 1.165) is 38.4 Å². The van der Waals surface area contributed by atoms with Crippen LogP contribution in [0.5, 0.6) is 0 Å². The van der Waals surface area contributed by atoms with Gasteiger partial charge in [0.05, 0.1) is 7.11 Å². The zero-order valence-corrected chi connectivity index (χ0v) is 12.9. The molecule has 0 radical (unpaired) electrons. The SMILES string of the molecule is CCCNC(CCN1CCCC(C)C1C)C(=O)OC. The van der Waals surface area contributed by atoms with Crippen molar-refractivity contribution in [2.45, 2.75) is 58.5 Å². The largest absolute Gasteiger partial charge is 0.468 e. The lowest BCUT2D eigenvalue weighted by Crippen LogP contribution is -2.46. The Labute approximate surface area is 117 Å². The molecule has 4 heteroatoms. The summed E-state index contributed by atoms with van der Waals surface area (Å²) in [4.78, 5) is 14.2. The Balaban J connectivity index is 2.43. The molecule has 3 unspecified atom stereocenters. The van der Waals surface area contributed by atoms with Crippen molar-refractivity contribution in [2.24, 2.45) is 5.92 Å². The fourth-order valence-electron chi connectivity index (χ4n) is 2.80. The van der Waals surface area contributed by atoms with Gasteiger partial charge in [0.1, 0.15) is 6.04 Å². The van der Waals surface area contributed by atoms with Crippen LogP contribution in [0.4, 0.5) is 0 Å². The fourth-order valence-corrected chi connectivity index (χ4v) is 2.80. The summed E-state index contributed by atoms with van der Waals surface area (Å²) >= 11 is 0. The molecule has 0 aromatic rings. The van der Waals surface area contributed by atoms with E-state index in [1.54, 1.807) is 0 Å². The number of ether oxygens (including phenoxy) is 1. The smallest absolute Gasteiger partial charge is 0.322 e. The van der Waals surface area contributed by atoms with Gasteiger partial charge in [0.15, 0.2) is 0 Å². The summed E-state index contributed by atoms with van der Waals surface area (Å²) < 4.78 is 4.88. The van der Waals surface area contributed by atoms with Crippen LogP contribution >= 0.6 is 0 Å². The molecule has 1 aliphatic rings. The number of carbonyl (C=O) groups excluding carboxylic acids is 1. The number of hydrogen-bond donors (Lipinski definition) is 1. The molecule has 19 heavy (non-hydrogen) atoms. The van der Waals surface area contributed by atoms with Gasteiger partial charge in [0, 0.05) is 12.6 Å². The van der Waals surface area contributed by atoms with Gasteiger partial charge >= 0.3 is 5.97 Å². The van der Waals surface area contributed by atoms with Crippen LogP contribution in [-0.2, 0) is 9.53 Å². The Morgan fingerprint density at radius 3 is 2.84 bits per heavy atom. The highest BCUT2D eigenvalue weighted by Crippen LogP contribution is 2.22. The van der Waals surface area contributed by atoms with E-state index in [-0.39, 0.29) is 12.0 Å². The van der Waals surface area contributed by atoms with Crippen LogP contribution in [0.25, 0.3) is 0 Å². The molecule has 1 rings (SSSR count). The molecule has 0 saturated carbocycles. The first-order valence-electron chi connectivity index (χ1n) is 7.65. The summed E-state index contributed by atoms with van der Waals surface area (Å²) in [5.41, 5.74) is 0. The Morgan fingerprint density at radius 2 is 2.21 bits per heavy atom. The van der Waals surface area contributed by atoms with Crippen LogP contribution in [0.15, 0.2) is 0 Å². The van der Waals surface area contributed by atoms with Crippen LogP contribution in [0.1, 0.15) is 46.5 Å². The van der Waals surface area contributed by atoms with Crippen molar-refractivity contribution in [3.05, 3.63) is 0 Å². The number of carbonyl (C=O) groups is 1. The van der Waals surface area contributed by atoms with Crippen molar-refractivity contribution in [1.29, 1.82) is 0 Å². The monoisotopic (exact) mass is 270 g/mol. The first-order valence-corrected chi connectivity index (χ1v) is 7.65. The third-order valence-electron chi connectivity index (χ3n) is 4.34. The molecule has 0 bridgehead atoms. The zero-order valence-electron chi connectivity index (χ0n) is 12.9. The van der Waals surface area contributed by atoms with Gasteiger partial charge in [-0.15, -0.1) is 0 Å². The number of nitrogens with one attached hydrogen (secondary N) is 1. The predicted octanol–water partition coefficient (Wildman–Crippen LogP) is 2.04. The molecule has 1 aliphatic heterocycles. The number of methoxy groups -OCH3 is 1. The summed E-state index contributed by atoms with van der Waals surface area (Å²) in [6.07, 6.45) is 4.47. The van der Waals surface area contributed by atoms with E-state index in [1.165, 1.54) is 20.0 Å². The van der Waals surface area contributed by atoms with E-state index in [0.29, 0.717) is 6.04 Å². The Hall–Kier alpha value is -0.610. The molecule has 1 heterocycles. The molecule has 1 saturated heterocycles. The number of esters is 1. The van der Waals surface area contributed by atoms with E-state index >= 15 is 0 Å². The van der Waals surface area contributed by atoms with Gasteiger partial charge in [-0.25, -0.2) is 0 Å². The van der Waals surface area contributed by atoms with Gasteiger partial charge in [-0.2, -0.15) is 0 Å². The first kappa shape index (κ1) is 16.4. The van der Waals surface area contributed by atoms with Gasteiger partial charge in [-0.05, 0) is 51.6 Å². The summed E-state index contributed by atoms with van der Waals surface area (Å²) in [7, 11) is 1.47. The highest BCUT2D eigenvalue weighted by molar-refractivity contribution is 5.75. The minimum absolute atomic E-state index is 0.133. The Bertz CT molecular complexity index is 271. The van der Waals surface area contributed by atoms with Gasteiger partial charge in [0.25, 0.3) is 0 Å². The molecular formula is C15H30N2O2. The number of piperidine rings is 1. The molecule has 3 atom stereocenters. The van der Waals surface area contributed by atoms with E-state index in [4.69, 9.17) is 4.74 Å². The average Bonchev–Trinajstić information content (AvgIpc) is 2.42. The second-order valence-electron chi connectivity index (χ2n) is 5.71. The lowest BCUT2D eigenvalue weighted by molar-refractivity contribution is -0.143. The highest BCUT2D eigenvalue weighted by atomic mass is 16.5. The van der Waals surface area contributed by atoms with Crippen LogP contribution < -0.4 is 5.32 Å². The quantitative estimate of drug-likeness (QED) is 0.719. The van der Waals surface area contributed by atoms with Gasteiger partial charge in [-0.1, -0.05) is 13.8 Å². The summed E-state index contributed by atoms with van der Waals surface area (Å²) in [5, 5.41) is 3.28. The molecule has 0 spiro atoms. The topological polar surface area (TPSA) is 41.6 Å². The first-order chi connectivity index (χ1) is 9.10. The van der Waals surface area contributed by atoms with Gasteiger partial charge in [-0.3, -0.25) is 4.79 Å². The van der Waals surface area contributed by atoms with E-state index in [9.17, 15) is 4.79 Å². The predicted molar refractivity (Wildman–Crippen MR) is 78.1 cm³/mol. The van der Waals surface area contributed by atoms with Crippen molar-refractivity contribution in [3.63, 3.8) is 0 Å². The summed E-state index contributed by atoms with van der Waals surface area (Å²) in [5.74, 6) is 0.625. The highest BCUT2D eigenvalue weighted by Gasteiger charge is 2.26. The second kappa shape index (κ2) is 8.54. The molecule has 0 aromatic heterocycles. The van der Waals surface area contributed by atoms with Gasteiger partial charge < -0.3 is 15.0 Å². The maximum Gasteiger partial charge on any atom is 0.322 e. The van der Waals surface area contributed by atoms with Crippen LogP contribution in [0.2, 0.25) is 0 Å². The number of hydrogen-bond acceptors (Lipinski definition) is 4. The van der Waals surface area contributed by atoms with E-state index in [1.807, 2.05) is 0 Å². The standard InChI is InChI=1S/C15H30N2O2/c1-5-9-16-14(15(18)19-4)8-11-17-10-6-7-12(2)13(17)3/h12-14,16H,5-11H2,1-4H3. The van der Waals surface area contributed by atoms with Crippen LogP contribution in [0, 0.1) is 5.92 Å².